The van der Waals surface area contributed by atoms with Crippen LogP contribution in [0, 0.1) is 0 Å². The molecule has 0 radical (unpaired) electrons. The summed E-state index contributed by atoms with van der Waals surface area (Å²) in [7, 11) is 0. The SMILES string of the molecule is NC1O[C@H](CO)[C@H](O)[C@H](O)[C@H]1O.N[C@@H]1O[C@H](CO)[C@H](O)[C@H](O)[C@H]1O. The summed E-state index contributed by atoms with van der Waals surface area (Å²) in [5.74, 6) is 0. The minimum Gasteiger partial charge on any atom is -0.394 e. The van der Waals surface area contributed by atoms with Crippen molar-refractivity contribution in [1.82, 2.24) is 0 Å². The Morgan fingerprint density at radius 2 is 0.833 bits per heavy atom. The minimum atomic E-state index is -1.37. The highest BCUT2D eigenvalue weighted by Gasteiger charge is 2.42. The molecule has 1 unspecified atom stereocenters. The second-order valence-corrected chi connectivity index (χ2v) is 5.59. The third-order valence-corrected chi connectivity index (χ3v) is 3.86. The average molecular weight is 358 g/mol. The van der Waals surface area contributed by atoms with Gasteiger partial charge in [0, 0.05) is 0 Å². The Kier molecular flexibility index (Phi) is 8.34. The highest BCUT2D eigenvalue weighted by atomic mass is 16.6. The molecule has 10 atom stereocenters. The number of aliphatic hydroxyl groups is 8. The molecule has 2 fully saturated rings. The zero-order chi connectivity index (χ0) is 18.6. The molecular formula is C12H26N2O10. The van der Waals surface area contributed by atoms with E-state index in [-0.39, 0.29) is 0 Å². The zero-order valence-corrected chi connectivity index (χ0v) is 12.7. The fourth-order valence-electron chi connectivity index (χ4n) is 2.26. The van der Waals surface area contributed by atoms with Gasteiger partial charge in [0.2, 0.25) is 0 Å². The Bertz CT molecular complexity index is 334. The van der Waals surface area contributed by atoms with Crippen molar-refractivity contribution in [2.75, 3.05) is 13.2 Å². The summed E-state index contributed by atoms with van der Waals surface area (Å²) in [5.41, 5.74) is 10.5. The lowest BCUT2D eigenvalue weighted by atomic mass is 9.99. The van der Waals surface area contributed by atoms with Crippen LogP contribution in [0.2, 0.25) is 0 Å². The van der Waals surface area contributed by atoms with Gasteiger partial charge in [0.25, 0.3) is 0 Å². The maximum atomic E-state index is 9.18. The van der Waals surface area contributed by atoms with E-state index in [0.29, 0.717) is 0 Å². The highest BCUT2D eigenvalue weighted by Crippen LogP contribution is 2.18. The predicted octanol–water partition coefficient (Wildman–Crippen LogP) is -6.51. The van der Waals surface area contributed by atoms with Crippen LogP contribution < -0.4 is 11.5 Å². The molecule has 0 bridgehead atoms. The number of hydrogen-bond donors (Lipinski definition) is 10. The first-order valence-electron chi connectivity index (χ1n) is 7.27. The summed E-state index contributed by atoms with van der Waals surface area (Å²) in [6.45, 7) is -0.892. The van der Waals surface area contributed by atoms with Crippen molar-refractivity contribution < 1.29 is 50.3 Å². The summed E-state index contributed by atoms with van der Waals surface area (Å²) in [6, 6.07) is 0. The van der Waals surface area contributed by atoms with Gasteiger partial charge in [0.1, 0.15) is 61.3 Å². The van der Waals surface area contributed by atoms with Crippen molar-refractivity contribution in [2.24, 2.45) is 11.5 Å². The maximum absolute atomic E-state index is 9.18. The molecule has 0 aromatic rings. The lowest BCUT2D eigenvalue weighted by Gasteiger charge is -2.38. The number of ether oxygens (including phenoxy) is 2. The zero-order valence-electron chi connectivity index (χ0n) is 12.7. The monoisotopic (exact) mass is 358 g/mol. The first kappa shape index (κ1) is 21.6. The van der Waals surface area contributed by atoms with Crippen LogP contribution in [-0.2, 0) is 9.47 Å². The Hall–Kier alpha value is -0.480. The van der Waals surface area contributed by atoms with Crippen molar-refractivity contribution in [2.45, 2.75) is 61.3 Å². The summed E-state index contributed by atoms with van der Waals surface area (Å²) in [4.78, 5) is 0. The molecule has 0 saturated carbocycles. The molecule has 12 heteroatoms. The van der Waals surface area contributed by atoms with E-state index < -0.39 is 74.5 Å². The molecule has 2 aliphatic heterocycles. The summed E-state index contributed by atoms with van der Waals surface area (Å²) in [6.07, 6.45) is -12.0. The van der Waals surface area contributed by atoms with Crippen molar-refractivity contribution in [3.8, 4) is 0 Å². The molecule has 24 heavy (non-hydrogen) atoms. The molecule has 0 spiro atoms. The van der Waals surface area contributed by atoms with Crippen molar-refractivity contribution in [1.29, 1.82) is 0 Å². The normalized spacial score (nSPS) is 49.2. The number of hydrogen-bond acceptors (Lipinski definition) is 12. The average Bonchev–Trinajstić information content (AvgIpc) is 2.58. The van der Waals surface area contributed by atoms with Gasteiger partial charge in [0.05, 0.1) is 13.2 Å². The molecule has 12 nitrogen and oxygen atoms in total. The standard InChI is InChI=1S/2C6H13NO5/c2*7-6-5(11)4(10)3(9)2(1-8)12-6/h2*2-6,8-11H,1,7H2/t2-,3+,4+,5-,6?;2-,3+,4+,5-,6-/m11/s1. The lowest BCUT2D eigenvalue weighted by molar-refractivity contribution is -0.227. The Morgan fingerprint density at radius 3 is 1.08 bits per heavy atom. The van der Waals surface area contributed by atoms with Gasteiger partial charge in [-0.25, -0.2) is 0 Å². The van der Waals surface area contributed by atoms with E-state index in [1.54, 1.807) is 0 Å². The van der Waals surface area contributed by atoms with Gasteiger partial charge in [-0.3, -0.25) is 0 Å². The van der Waals surface area contributed by atoms with Crippen LogP contribution in [0.1, 0.15) is 0 Å². The fraction of sp³-hybridized carbons (Fsp3) is 1.00. The summed E-state index contributed by atoms with van der Waals surface area (Å²) < 4.78 is 9.60. The van der Waals surface area contributed by atoms with Gasteiger partial charge in [-0.2, -0.15) is 0 Å². The van der Waals surface area contributed by atoms with Crippen molar-refractivity contribution in [3.63, 3.8) is 0 Å². The molecule has 0 aliphatic carbocycles. The van der Waals surface area contributed by atoms with Crippen molar-refractivity contribution >= 4 is 0 Å². The Balaban J connectivity index is 0.000000240. The lowest BCUT2D eigenvalue weighted by Crippen LogP contribution is -2.61. The molecule has 0 aromatic heterocycles. The van der Waals surface area contributed by atoms with E-state index in [1.807, 2.05) is 0 Å². The van der Waals surface area contributed by atoms with Crippen LogP contribution in [0.25, 0.3) is 0 Å². The highest BCUT2D eigenvalue weighted by molar-refractivity contribution is 4.90. The second kappa shape index (κ2) is 9.28. The third kappa shape index (κ3) is 4.78. The molecule has 144 valence electrons. The largest absolute Gasteiger partial charge is 0.394 e. The van der Waals surface area contributed by atoms with Crippen LogP contribution in [-0.4, -0.2) is 115 Å². The molecular weight excluding hydrogens is 332 g/mol. The summed E-state index contributed by atoms with van der Waals surface area (Å²) >= 11 is 0. The summed E-state index contributed by atoms with van der Waals surface area (Å²) in [5, 5.41) is 72.1. The minimum absolute atomic E-state index is 0.446. The Labute approximate surface area is 137 Å². The van der Waals surface area contributed by atoms with Gasteiger partial charge in [-0.1, -0.05) is 0 Å². The fourth-order valence-corrected chi connectivity index (χ4v) is 2.26. The molecule has 2 heterocycles. The number of rotatable bonds is 2. The predicted molar refractivity (Wildman–Crippen MR) is 75.9 cm³/mol. The van der Waals surface area contributed by atoms with Gasteiger partial charge in [-0.15, -0.1) is 0 Å². The quantitative estimate of drug-likeness (QED) is 0.222. The molecule has 2 saturated heterocycles. The number of aliphatic hydroxyl groups excluding tert-OH is 8. The van der Waals surface area contributed by atoms with E-state index in [4.69, 9.17) is 51.6 Å². The van der Waals surface area contributed by atoms with Crippen LogP contribution in [0.5, 0.6) is 0 Å². The third-order valence-electron chi connectivity index (χ3n) is 3.86. The molecule has 2 rings (SSSR count). The Morgan fingerprint density at radius 1 is 0.542 bits per heavy atom. The first-order valence-corrected chi connectivity index (χ1v) is 7.27. The van der Waals surface area contributed by atoms with E-state index in [9.17, 15) is 10.2 Å². The van der Waals surface area contributed by atoms with E-state index in [1.165, 1.54) is 0 Å². The smallest absolute Gasteiger partial charge is 0.135 e. The number of nitrogens with two attached hydrogens (primary N) is 2. The van der Waals surface area contributed by atoms with E-state index in [2.05, 4.69) is 0 Å². The van der Waals surface area contributed by atoms with Gasteiger partial charge in [-0.05, 0) is 0 Å². The molecule has 0 aromatic carbocycles. The van der Waals surface area contributed by atoms with Crippen LogP contribution in [0.3, 0.4) is 0 Å². The first-order chi connectivity index (χ1) is 11.1. The maximum Gasteiger partial charge on any atom is 0.135 e. The van der Waals surface area contributed by atoms with Gasteiger partial charge < -0.3 is 61.8 Å². The van der Waals surface area contributed by atoms with Gasteiger partial charge in [0.15, 0.2) is 0 Å². The van der Waals surface area contributed by atoms with Crippen LogP contribution >= 0.6 is 0 Å². The van der Waals surface area contributed by atoms with Gasteiger partial charge >= 0.3 is 0 Å². The van der Waals surface area contributed by atoms with Crippen LogP contribution in [0.4, 0.5) is 0 Å². The molecule has 12 N–H and O–H groups in total. The van der Waals surface area contributed by atoms with E-state index >= 15 is 0 Å². The van der Waals surface area contributed by atoms with E-state index in [0.717, 1.165) is 0 Å². The molecule has 2 aliphatic rings. The topological polar surface area (TPSA) is 232 Å². The van der Waals surface area contributed by atoms with Crippen molar-refractivity contribution in [3.05, 3.63) is 0 Å². The molecule has 0 amide bonds. The second-order valence-electron chi connectivity index (χ2n) is 5.59. The van der Waals surface area contributed by atoms with Crippen LogP contribution in [0.15, 0.2) is 0 Å².